The van der Waals surface area contributed by atoms with Gasteiger partial charge in [-0.2, -0.15) is 0 Å². The fourth-order valence-electron chi connectivity index (χ4n) is 1.51. The molecule has 0 spiro atoms. The van der Waals surface area contributed by atoms with Crippen molar-refractivity contribution in [1.29, 1.82) is 0 Å². The molecule has 0 aliphatic carbocycles. The van der Waals surface area contributed by atoms with E-state index in [9.17, 15) is 0 Å². The number of rotatable bonds is 4. The van der Waals surface area contributed by atoms with Crippen molar-refractivity contribution in [1.82, 2.24) is 0 Å². The Labute approximate surface area is 118 Å². The summed E-state index contributed by atoms with van der Waals surface area (Å²) in [6.45, 7) is 0.595. The Morgan fingerprint density at radius 3 is 2.47 bits per heavy atom. The van der Waals surface area contributed by atoms with Gasteiger partial charge in [0.1, 0.15) is 12.4 Å². The maximum Gasteiger partial charge on any atom is 0.124 e. The van der Waals surface area contributed by atoms with E-state index in [0.29, 0.717) is 6.61 Å². The van der Waals surface area contributed by atoms with Crippen molar-refractivity contribution in [3.05, 3.63) is 64.1 Å². The lowest BCUT2D eigenvalue weighted by atomic mass is 10.2. The predicted molar refractivity (Wildman–Crippen MR) is 77.5 cm³/mol. The van der Waals surface area contributed by atoms with E-state index in [2.05, 4.69) is 50.1 Å². The minimum atomic E-state index is 0.595. The number of ether oxygens (including phenoxy) is 1. The quantitative estimate of drug-likeness (QED) is 0.707. The molecule has 2 aromatic carbocycles. The summed E-state index contributed by atoms with van der Waals surface area (Å²) in [5.41, 5.74) is 2.33. The molecule has 0 amide bonds. The van der Waals surface area contributed by atoms with Gasteiger partial charge in [-0.1, -0.05) is 68.3 Å². The monoisotopic (exact) mass is 354 g/mol. The summed E-state index contributed by atoms with van der Waals surface area (Å²) >= 11 is 6.92. The minimum Gasteiger partial charge on any atom is -0.489 e. The Hall–Kier alpha value is -0.800. The summed E-state index contributed by atoms with van der Waals surface area (Å²) in [6, 6.07) is 16.2. The smallest absolute Gasteiger partial charge is 0.124 e. The third kappa shape index (κ3) is 3.58. The van der Waals surface area contributed by atoms with Gasteiger partial charge >= 0.3 is 0 Å². The first-order chi connectivity index (χ1) is 8.29. The van der Waals surface area contributed by atoms with Gasteiger partial charge in [-0.3, -0.25) is 0 Å². The fraction of sp³-hybridized carbons (Fsp3) is 0.143. The van der Waals surface area contributed by atoms with Crippen LogP contribution in [0.1, 0.15) is 11.1 Å². The number of alkyl halides is 1. The van der Waals surface area contributed by atoms with E-state index >= 15 is 0 Å². The SMILES string of the molecule is BrCc1ccc(Br)cc1OCc1ccccc1. The zero-order valence-electron chi connectivity index (χ0n) is 9.20. The molecule has 0 saturated heterocycles. The molecule has 0 radical (unpaired) electrons. The first-order valence-electron chi connectivity index (χ1n) is 5.30. The summed E-state index contributed by atoms with van der Waals surface area (Å²) in [4.78, 5) is 0. The molecule has 2 aromatic rings. The van der Waals surface area contributed by atoms with E-state index in [1.165, 1.54) is 5.56 Å². The molecule has 2 rings (SSSR count). The second-order valence-electron chi connectivity index (χ2n) is 3.66. The van der Waals surface area contributed by atoms with Gasteiger partial charge in [-0.25, -0.2) is 0 Å². The topological polar surface area (TPSA) is 9.23 Å². The second-order valence-corrected chi connectivity index (χ2v) is 5.14. The van der Waals surface area contributed by atoms with Gasteiger partial charge in [0, 0.05) is 15.4 Å². The largest absolute Gasteiger partial charge is 0.489 e. The van der Waals surface area contributed by atoms with E-state index in [-0.39, 0.29) is 0 Å². The molecule has 0 aliphatic heterocycles. The van der Waals surface area contributed by atoms with E-state index in [1.54, 1.807) is 0 Å². The summed E-state index contributed by atoms with van der Waals surface area (Å²) in [7, 11) is 0. The molecule has 88 valence electrons. The Morgan fingerprint density at radius 2 is 1.76 bits per heavy atom. The lowest BCUT2D eigenvalue weighted by Crippen LogP contribution is -1.97. The molecule has 0 atom stereocenters. The molecule has 0 aliphatic rings. The molecule has 0 aromatic heterocycles. The average molecular weight is 356 g/mol. The Bertz CT molecular complexity index is 483. The highest BCUT2D eigenvalue weighted by Crippen LogP contribution is 2.26. The number of halogens is 2. The van der Waals surface area contributed by atoms with E-state index in [0.717, 1.165) is 21.1 Å². The van der Waals surface area contributed by atoms with Crippen LogP contribution in [0.15, 0.2) is 53.0 Å². The normalized spacial score (nSPS) is 10.2. The van der Waals surface area contributed by atoms with Gasteiger partial charge in [0.2, 0.25) is 0 Å². The minimum absolute atomic E-state index is 0.595. The standard InChI is InChI=1S/C14H12Br2O/c15-9-12-6-7-13(16)8-14(12)17-10-11-4-2-1-3-5-11/h1-8H,9-10H2. The van der Waals surface area contributed by atoms with Gasteiger partial charge in [0.25, 0.3) is 0 Å². The van der Waals surface area contributed by atoms with E-state index < -0.39 is 0 Å². The van der Waals surface area contributed by atoms with Crippen LogP contribution < -0.4 is 4.74 Å². The van der Waals surface area contributed by atoms with Crippen LogP contribution in [0.5, 0.6) is 5.75 Å². The molecule has 0 heterocycles. The number of hydrogen-bond acceptors (Lipinski definition) is 1. The van der Waals surface area contributed by atoms with Crippen LogP contribution >= 0.6 is 31.9 Å². The number of hydrogen-bond donors (Lipinski definition) is 0. The molecule has 0 unspecified atom stereocenters. The van der Waals surface area contributed by atoms with Crippen LogP contribution in [-0.2, 0) is 11.9 Å². The Balaban J connectivity index is 2.11. The second kappa shape index (κ2) is 6.22. The molecule has 0 bridgehead atoms. The summed E-state index contributed by atoms with van der Waals surface area (Å²) in [5, 5.41) is 0.796. The highest BCUT2D eigenvalue weighted by Gasteiger charge is 2.03. The van der Waals surface area contributed by atoms with Gasteiger partial charge in [-0.15, -0.1) is 0 Å². The number of benzene rings is 2. The summed E-state index contributed by atoms with van der Waals surface area (Å²) in [6.07, 6.45) is 0. The van der Waals surface area contributed by atoms with Crippen molar-refractivity contribution >= 4 is 31.9 Å². The van der Waals surface area contributed by atoms with E-state index in [1.807, 2.05) is 30.3 Å². The van der Waals surface area contributed by atoms with Crippen LogP contribution in [0.25, 0.3) is 0 Å². The maximum absolute atomic E-state index is 5.83. The summed E-state index contributed by atoms with van der Waals surface area (Å²) < 4.78 is 6.87. The lowest BCUT2D eigenvalue weighted by molar-refractivity contribution is 0.304. The van der Waals surface area contributed by atoms with Crippen LogP contribution in [0, 0.1) is 0 Å². The van der Waals surface area contributed by atoms with Crippen LogP contribution in [-0.4, -0.2) is 0 Å². The first kappa shape index (κ1) is 12.7. The highest BCUT2D eigenvalue weighted by molar-refractivity contribution is 9.10. The molecule has 1 nitrogen and oxygen atoms in total. The fourth-order valence-corrected chi connectivity index (χ4v) is 2.31. The molecule has 3 heteroatoms. The Kier molecular flexibility index (Phi) is 4.63. The molecular formula is C14H12Br2O. The molecular weight excluding hydrogens is 344 g/mol. The van der Waals surface area contributed by atoms with Crippen molar-refractivity contribution in [2.75, 3.05) is 0 Å². The van der Waals surface area contributed by atoms with Crippen LogP contribution in [0.2, 0.25) is 0 Å². The molecule has 17 heavy (non-hydrogen) atoms. The zero-order valence-corrected chi connectivity index (χ0v) is 12.4. The van der Waals surface area contributed by atoms with Gasteiger partial charge in [-0.05, 0) is 17.7 Å². The van der Waals surface area contributed by atoms with Crippen LogP contribution in [0.4, 0.5) is 0 Å². The third-order valence-electron chi connectivity index (χ3n) is 2.41. The molecule has 0 N–H and O–H groups in total. The average Bonchev–Trinajstić information content (AvgIpc) is 2.38. The maximum atomic E-state index is 5.83. The first-order valence-corrected chi connectivity index (χ1v) is 7.22. The predicted octanol–water partition coefficient (Wildman–Crippen LogP) is 4.92. The van der Waals surface area contributed by atoms with Gasteiger partial charge in [0.05, 0.1) is 0 Å². The van der Waals surface area contributed by atoms with Crippen molar-refractivity contribution in [2.24, 2.45) is 0 Å². The van der Waals surface area contributed by atoms with Crippen molar-refractivity contribution < 1.29 is 4.74 Å². The molecule has 0 fully saturated rings. The van der Waals surface area contributed by atoms with E-state index in [4.69, 9.17) is 4.74 Å². The van der Waals surface area contributed by atoms with Crippen LogP contribution in [0.3, 0.4) is 0 Å². The zero-order chi connectivity index (χ0) is 12.1. The van der Waals surface area contributed by atoms with Crippen molar-refractivity contribution in [2.45, 2.75) is 11.9 Å². The highest BCUT2D eigenvalue weighted by atomic mass is 79.9. The Morgan fingerprint density at radius 1 is 1.00 bits per heavy atom. The van der Waals surface area contributed by atoms with Gasteiger partial charge < -0.3 is 4.74 Å². The molecule has 0 saturated carbocycles. The summed E-state index contributed by atoms with van der Waals surface area (Å²) in [5.74, 6) is 0.917. The van der Waals surface area contributed by atoms with Crippen molar-refractivity contribution in [3.8, 4) is 5.75 Å². The third-order valence-corrected chi connectivity index (χ3v) is 3.51. The van der Waals surface area contributed by atoms with Gasteiger partial charge in [0.15, 0.2) is 0 Å². The van der Waals surface area contributed by atoms with Crippen molar-refractivity contribution in [3.63, 3.8) is 0 Å². The lowest BCUT2D eigenvalue weighted by Gasteiger charge is -2.10.